The lowest BCUT2D eigenvalue weighted by Gasteiger charge is -1.93. The third kappa shape index (κ3) is 1.18. The Morgan fingerprint density at radius 1 is 1.27 bits per heavy atom. The van der Waals surface area contributed by atoms with E-state index in [2.05, 4.69) is 12.1 Å². The Morgan fingerprint density at radius 2 is 2.00 bits per heavy atom. The van der Waals surface area contributed by atoms with Gasteiger partial charge in [-0.15, -0.1) is 0 Å². The summed E-state index contributed by atoms with van der Waals surface area (Å²) in [6.45, 7) is 0. The van der Waals surface area contributed by atoms with Gasteiger partial charge in [0.2, 0.25) is 6.29 Å². The molecule has 0 bridgehead atoms. The molecule has 1 heteroatoms. The van der Waals surface area contributed by atoms with Gasteiger partial charge in [0.15, 0.2) is 0 Å². The van der Waals surface area contributed by atoms with Crippen molar-refractivity contribution < 1.29 is 4.79 Å². The van der Waals surface area contributed by atoms with Gasteiger partial charge in [-0.2, -0.15) is 0 Å². The van der Waals surface area contributed by atoms with E-state index in [1.807, 2.05) is 24.5 Å². The predicted octanol–water partition coefficient (Wildman–Crippen LogP) is 1.90. The Labute approximate surface area is 66.0 Å². The van der Waals surface area contributed by atoms with Crippen molar-refractivity contribution in [1.29, 1.82) is 0 Å². The van der Waals surface area contributed by atoms with Crippen molar-refractivity contribution in [3.63, 3.8) is 0 Å². The van der Waals surface area contributed by atoms with Gasteiger partial charge in [-0.3, -0.25) is 4.79 Å². The highest BCUT2D eigenvalue weighted by molar-refractivity contribution is 5.62. The van der Waals surface area contributed by atoms with Gasteiger partial charge in [0, 0.05) is 5.92 Å². The summed E-state index contributed by atoms with van der Waals surface area (Å²) >= 11 is 0. The van der Waals surface area contributed by atoms with Crippen LogP contribution in [0.25, 0.3) is 0 Å². The SMILES string of the molecule is O=[C][C@@H]1C[C@H]1c1ccccc1. The average Bonchev–Trinajstić information content (AvgIpc) is 2.85. The summed E-state index contributed by atoms with van der Waals surface area (Å²) in [5.41, 5.74) is 1.28. The number of hydrogen-bond acceptors (Lipinski definition) is 1. The maximum Gasteiger partial charge on any atom is 0.202 e. The number of carbonyl (C=O) groups excluding carboxylic acids is 1. The van der Waals surface area contributed by atoms with Gasteiger partial charge in [-0.05, 0) is 17.9 Å². The molecule has 2 rings (SSSR count). The lowest BCUT2D eigenvalue weighted by Crippen LogP contribution is -1.82. The van der Waals surface area contributed by atoms with Crippen LogP contribution in [-0.4, -0.2) is 6.29 Å². The average molecular weight is 145 g/mol. The van der Waals surface area contributed by atoms with E-state index in [0.29, 0.717) is 5.92 Å². The Balaban J connectivity index is 2.14. The summed E-state index contributed by atoms with van der Waals surface area (Å²) in [6.07, 6.45) is 3.03. The van der Waals surface area contributed by atoms with Crippen LogP contribution in [0.3, 0.4) is 0 Å². The maximum atomic E-state index is 10.2. The van der Waals surface area contributed by atoms with Gasteiger partial charge in [0.1, 0.15) is 0 Å². The molecule has 1 nitrogen and oxygen atoms in total. The second kappa shape index (κ2) is 2.50. The molecule has 55 valence electrons. The van der Waals surface area contributed by atoms with Gasteiger partial charge in [0.05, 0.1) is 0 Å². The van der Waals surface area contributed by atoms with E-state index in [0.717, 1.165) is 6.42 Å². The zero-order valence-corrected chi connectivity index (χ0v) is 6.16. The zero-order chi connectivity index (χ0) is 7.68. The van der Waals surface area contributed by atoms with Crippen molar-refractivity contribution in [2.24, 2.45) is 5.92 Å². The van der Waals surface area contributed by atoms with Gasteiger partial charge >= 0.3 is 0 Å². The minimum Gasteiger partial charge on any atom is -0.291 e. The molecule has 1 radical (unpaired) electrons. The second-order valence-electron chi connectivity index (χ2n) is 2.98. The predicted molar refractivity (Wildman–Crippen MR) is 43.0 cm³/mol. The van der Waals surface area contributed by atoms with Crippen molar-refractivity contribution in [2.45, 2.75) is 12.3 Å². The number of benzene rings is 1. The first kappa shape index (κ1) is 6.59. The molecule has 1 aliphatic rings. The van der Waals surface area contributed by atoms with Crippen molar-refractivity contribution >= 4 is 6.29 Å². The zero-order valence-electron chi connectivity index (χ0n) is 6.16. The molecule has 1 aliphatic carbocycles. The molecule has 11 heavy (non-hydrogen) atoms. The minimum atomic E-state index is 0.178. The Hall–Kier alpha value is -1.11. The van der Waals surface area contributed by atoms with E-state index >= 15 is 0 Å². The van der Waals surface area contributed by atoms with E-state index in [1.165, 1.54) is 5.56 Å². The van der Waals surface area contributed by atoms with Crippen molar-refractivity contribution in [1.82, 2.24) is 0 Å². The molecule has 0 aliphatic heterocycles. The largest absolute Gasteiger partial charge is 0.291 e. The van der Waals surface area contributed by atoms with Gasteiger partial charge in [-0.25, -0.2) is 0 Å². The fourth-order valence-corrected chi connectivity index (χ4v) is 1.39. The fraction of sp³-hybridized carbons (Fsp3) is 0.300. The second-order valence-corrected chi connectivity index (χ2v) is 2.98. The van der Waals surface area contributed by atoms with Crippen LogP contribution < -0.4 is 0 Å². The minimum absolute atomic E-state index is 0.178. The van der Waals surface area contributed by atoms with Crippen LogP contribution >= 0.6 is 0 Å². The Morgan fingerprint density at radius 3 is 2.55 bits per heavy atom. The summed E-state index contributed by atoms with van der Waals surface area (Å²) in [6, 6.07) is 10.2. The first-order chi connectivity index (χ1) is 5.42. The van der Waals surface area contributed by atoms with Crippen LogP contribution in [0.1, 0.15) is 17.9 Å². The lowest BCUT2D eigenvalue weighted by molar-refractivity contribution is 0.548. The van der Waals surface area contributed by atoms with Crippen molar-refractivity contribution in [3.8, 4) is 0 Å². The summed E-state index contributed by atoms with van der Waals surface area (Å²) in [5, 5.41) is 0. The van der Waals surface area contributed by atoms with Gasteiger partial charge in [0.25, 0.3) is 0 Å². The molecule has 1 aromatic carbocycles. The summed E-state index contributed by atoms with van der Waals surface area (Å²) in [4.78, 5) is 10.2. The summed E-state index contributed by atoms with van der Waals surface area (Å²) in [7, 11) is 0. The quantitative estimate of drug-likeness (QED) is 0.621. The maximum absolute atomic E-state index is 10.2. The summed E-state index contributed by atoms with van der Waals surface area (Å²) < 4.78 is 0. The molecule has 0 aromatic heterocycles. The Kier molecular flexibility index (Phi) is 1.50. The van der Waals surface area contributed by atoms with Crippen LogP contribution in [0.4, 0.5) is 0 Å². The van der Waals surface area contributed by atoms with E-state index in [9.17, 15) is 4.79 Å². The van der Waals surface area contributed by atoms with Crippen LogP contribution in [-0.2, 0) is 4.79 Å². The molecule has 0 spiro atoms. The molecule has 2 atom stereocenters. The molecule has 1 fully saturated rings. The van der Waals surface area contributed by atoms with E-state index in [1.54, 1.807) is 0 Å². The molecular formula is C10H9O. The number of rotatable bonds is 2. The first-order valence-corrected chi connectivity index (χ1v) is 3.84. The van der Waals surface area contributed by atoms with Crippen molar-refractivity contribution in [3.05, 3.63) is 35.9 Å². The molecule has 0 heterocycles. The summed E-state index contributed by atoms with van der Waals surface area (Å²) in [5.74, 6) is 0.645. The van der Waals surface area contributed by atoms with E-state index in [-0.39, 0.29) is 5.92 Å². The third-order valence-electron chi connectivity index (χ3n) is 2.17. The highest BCUT2D eigenvalue weighted by Crippen LogP contribution is 2.45. The normalized spacial score (nSPS) is 28.0. The molecule has 0 amide bonds. The molecule has 1 aromatic rings. The van der Waals surface area contributed by atoms with Gasteiger partial charge < -0.3 is 0 Å². The van der Waals surface area contributed by atoms with E-state index in [4.69, 9.17) is 0 Å². The van der Waals surface area contributed by atoms with Crippen LogP contribution in [0.2, 0.25) is 0 Å². The monoisotopic (exact) mass is 145 g/mol. The van der Waals surface area contributed by atoms with Crippen molar-refractivity contribution in [2.75, 3.05) is 0 Å². The van der Waals surface area contributed by atoms with E-state index < -0.39 is 0 Å². The van der Waals surface area contributed by atoms with Crippen LogP contribution in [0, 0.1) is 5.92 Å². The smallest absolute Gasteiger partial charge is 0.202 e. The van der Waals surface area contributed by atoms with Crippen LogP contribution in [0.15, 0.2) is 30.3 Å². The highest BCUT2D eigenvalue weighted by Gasteiger charge is 2.38. The topological polar surface area (TPSA) is 17.1 Å². The number of hydrogen-bond donors (Lipinski definition) is 0. The first-order valence-electron chi connectivity index (χ1n) is 3.84. The standard InChI is InChI=1S/C10H9O/c11-7-9-6-10(9)8-4-2-1-3-5-8/h1-5,9-10H,6H2/t9-,10-/m0/s1. The molecular weight excluding hydrogens is 136 g/mol. The molecule has 0 unspecified atom stereocenters. The lowest BCUT2D eigenvalue weighted by atomic mass is 10.1. The Bertz CT molecular complexity index is 253. The van der Waals surface area contributed by atoms with Crippen LogP contribution in [0.5, 0.6) is 0 Å². The van der Waals surface area contributed by atoms with Gasteiger partial charge in [-0.1, -0.05) is 30.3 Å². The molecule has 1 saturated carbocycles. The fourth-order valence-electron chi connectivity index (χ4n) is 1.39. The highest BCUT2D eigenvalue weighted by atomic mass is 16.1. The molecule has 0 N–H and O–H groups in total. The third-order valence-corrected chi connectivity index (χ3v) is 2.17. The molecule has 0 saturated heterocycles.